The molecule has 2 saturated carbocycles. The lowest BCUT2D eigenvalue weighted by Crippen LogP contribution is -2.41. The van der Waals surface area contributed by atoms with Crippen molar-refractivity contribution in [3.8, 4) is 23.0 Å². The number of unbranched alkanes of at least 4 members (excludes halogenated alkanes) is 2. The van der Waals surface area contributed by atoms with Gasteiger partial charge in [-0.05, 0) is 287 Å². The normalized spacial score (nSPS) is 19.6. The number of nitrogens with one attached hydrogen (secondary N) is 1. The molecular formula is C94H117FN4O9. The van der Waals surface area contributed by atoms with E-state index < -0.39 is 0 Å². The first-order chi connectivity index (χ1) is 52.7. The molecule has 0 amide bonds. The Balaban J connectivity index is 0.000000154. The molecular weight excluding hydrogens is 1350 g/mol. The Bertz CT molecular complexity index is 3900. The number of hydrogen-bond donors (Lipinski definition) is 1. The van der Waals surface area contributed by atoms with Crippen LogP contribution in [0, 0.1) is 17.7 Å². The summed E-state index contributed by atoms with van der Waals surface area (Å²) in [4.78, 5) is 51.4. The molecule has 2 aliphatic carbocycles. The van der Waals surface area contributed by atoms with Gasteiger partial charge in [0.25, 0.3) is 0 Å². The van der Waals surface area contributed by atoms with E-state index in [0.29, 0.717) is 43.3 Å². The van der Waals surface area contributed by atoms with E-state index in [1.54, 1.807) is 39.8 Å². The van der Waals surface area contributed by atoms with Crippen molar-refractivity contribution < 1.29 is 47.3 Å². The number of aryl methyl sites for hydroxylation is 3. The number of ether oxygens (including phenoxy) is 5. The highest BCUT2D eigenvalue weighted by Crippen LogP contribution is 2.40. The number of carbonyl (C=O) groups is 4. The summed E-state index contributed by atoms with van der Waals surface area (Å²) in [6, 6.07) is 72.7. The summed E-state index contributed by atoms with van der Waals surface area (Å²) in [7, 11) is 0. The van der Waals surface area contributed by atoms with Crippen molar-refractivity contribution in [3.05, 3.63) is 240 Å². The van der Waals surface area contributed by atoms with Gasteiger partial charge in [0, 0.05) is 79.7 Å². The number of ketones is 4. The summed E-state index contributed by atoms with van der Waals surface area (Å²) >= 11 is 0. The second kappa shape index (κ2) is 44.3. The molecule has 8 aromatic rings. The third-order valence-corrected chi connectivity index (χ3v) is 21.1. The standard InChI is InChI=1S/C24H30FNO2.C24H31NO.C23H27NO3.C23H29NO3/c1-19(27)6-2-3-7-20-9-13-22(14-10-20)26-17-5-4-8-24(18-26)28-23-15-11-21(25)12-16-23;1-19(26)8-5-6-9-20-14-16-21(17-15-20)22-10-7-13-24(18-22)25-23-11-3-2-4-12-23;1-17(25)23-14-18(23)16-26-20-11-9-19(10-12-20)24-13-5-8-22(15-24)27-21-6-3-2-4-7-21;1-19(25)18-26-16-6-7-20-11-13-21(14-12-20)24-15-5-10-23(17-24)27-22-8-3-2-4-9-22/h9-16,24H,2-8,17-18H2,1H3;2-4,11-12,14-17,22,24-25H,5-10,13,18H2,1H3;2-4,6-7,9-12,18,22-23H,5,8,13-16H2,1H3;2-4,8-9,11-14,23H,5-7,10,15-18H2,1H3. The molecule has 108 heavy (non-hydrogen) atoms. The van der Waals surface area contributed by atoms with Crippen LogP contribution in [0.1, 0.15) is 178 Å². The predicted molar refractivity (Wildman–Crippen MR) is 436 cm³/mol. The van der Waals surface area contributed by atoms with Gasteiger partial charge >= 0.3 is 0 Å². The molecule has 3 saturated heterocycles. The van der Waals surface area contributed by atoms with Crippen LogP contribution in [0.5, 0.6) is 23.0 Å². The minimum absolute atomic E-state index is 0.0791. The molecule has 1 N–H and O–H groups in total. The molecule has 7 atom stereocenters. The Labute approximate surface area is 643 Å². The van der Waals surface area contributed by atoms with Crippen molar-refractivity contribution in [2.45, 2.75) is 199 Å². The third kappa shape index (κ3) is 29.0. The summed E-state index contributed by atoms with van der Waals surface area (Å²) in [5.74, 6) is 5.49. The van der Waals surface area contributed by atoms with Crippen LogP contribution in [0.4, 0.5) is 27.1 Å². The zero-order valence-corrected chi connectivity index (χ0v) is 64.6. The lowest BCUT2D eigenvalue weighted by Gasteiger charge is -2.34. The van der Waals surface area contributed by atoms with Crippen LogP contribution in [-0.4, -0.2) is 107 Å². The minimum atomic E-state index is -0.240. The fraction of sp³-hybridized carbons (Fsp3) is 0.447. The van der Waals surface area contributed by atoms with Gasteiger partial charge < -0.3 is 53.3 Å². The maximum atomic E-state index is 13.1. The van der Waals surface area contributed by atoms with E-state index in [2.05, 4.69) is 135 Å². The number of rotatable bonds is 32. The van der Waals surface area contributed by atoms with E-state index in [0.717, 1.165) is 171 Å². The fourth-order valence-electron chi connectivity index (χ4n) is 15.0. The first-order valence-corrected chi connectivity index (χ1v) is 40.2. The lowest BCUT2D eigenvalue weighted by atomic mass is 9.81. The summed E-state index contributed by atoms with van der Waals surface area (Å²) < 4.78 is 42.7. The molecule has 3 heterocycles. The van der Waals surface area contributed by atoms with E-state index in [1.165, 1.54) is 82.8 Å². The van der Waals surface area contributed by atoms with Crippen LogP contribution in [0.25, 0.3) is 0 Å². The van der Waals surface area contributed by atoms with Gasteiger partial charge in [-0.1, -0.05) is 110 Å². The number of Topliss-reactive ketones (excluding diaryl/α,β-unsaturated/α-hetero) is 4. The predicted octanol–water partition coefficient (Wildman–Crippen LogP) is 20.3. The molecule has 7 unspecified atom stereocenters. The van der Waals surface area contributed by atoms with Gasteiger partial charge in [-0.3, -0.25) is 9.59 Å². The van der Waals surface area contributed by atoms with E-state index >= 15 is 0 Å². The molecule has 0 radical (unpaired) electrons. The monoisotopic (exact) mass is 1460 g/mol. The molecule has 3 aliphatic heterocycles. The van der Waals surface area contributed by atoms with Gasteiger partial charge in [0.15, 0.2) is 5.78 Å². The van der Waals surface area contributed by atoms with Crippen LogP contribution < -0.4 is 39.0 Å². The molecule has 14 heteroatoms. The quantitative estimate of drug-likeness (QED) is 0.0401. The first kappa shape index (κ1) is 81.3. The van der Waals surface area contributed by atoms with Crippen molar-refractivity contribution in [3.63, 3.8) is 0 Å². The van der Waals surface area contributed by atoms with Gasteiger partial charge in [0.05, 0.1) is 26.2 Å². The minimum Gasteiger partial charge on any atom is -0.493 e. The van der Waals surface area contributed by atoms with Crippen LogP contribution in [0.2, 0.25) is 0 Å². The summed E-state index contributed by atoms with van der Waals surface area (Å²) in [5, 5.41) is 3.71. The van der Waals surface area contributed by atoms with E-state index in [-0.39, 0.29) is 54.0 Å². The highest BCUT2D eigenvalue weighted by molar-refractivity contribution is 5.81. The molecule has 574 valence electrons. The highest BCUT2D eigenvalue weighted by Gasteiger charge is 2.41. The second-order valence-corrected chi connectivity index (χ2v) is 30.3. The lowest BCUT2D eigenvalue weighted by molar-refractivity contribution is -0.121. The molecule has 8 aromatic carbocycles. The summed E-state index contributed by atoms with van der Waals surface area (Å²) in [6.45, 7) is 13.9. The van der Waals surface area contributed by atoms with Gasteiger partial charge in [0.2, 0.25) is 0 Å². The number of anilines is 4. The van der Waals surface area contributed by atoms with E-state index in [1.807, 2.05) is 72.8 Å². The van der Waals surface area contributed by atoms with E-state index in [4.69, 9.17) is 23.7 Å². The van der Waals surface area contributed by atoms with Gasteiger partial charge in [-0.2, -0.15) is 0 Å². The Morgan fingerprint density at radius 3 is 1.35 bits per heavy atom. The third-order valence-electron chi connectivity index (χ3n) is 21.1. The van der Waals surface area contributed by atoms with Crippen LogP contribution in [0.3, 0.4) is 0 Å². The number of hydrogen-bond acceptors (Lipinski definition) is 13. The van der Waals surface area contributed by atoms with Crippen LogP contribution in [0.15, 0.2) is 212 Å². The number of benzene rings is 8. The van der Waals surface area contributed by atoms with E-state index in [9.17, 15) is 23.6 Å². The van der Waals surface area contributed by atoms with Gasteiger partial charge in [0.1, 0.15) is 71.1 Å². The topological polar surface area (TPSA) is 136 Å². The van der Waals surface area contributed by atoms with Crippen molar-refractivity contribution in [2.75, 3.05) is 79.1 Å². The molecule has 0 spiro atoms. The summed E-state index contributed by atoms with van der Waals surface area (Å²) in [5.41, 5.74) is 10.4. The Kier molecular flexibility index (Phi) is 33.3. The molecule has 0 aromatic heterocycles. The number of carbonyl (C=O) groups excluding carboxylic acids is 4. The second-order valence-electron chi connectivity index (χ2n) is 30.3. The first-order valence-electron chi connectivity index (χ1n) is 40.2. The van der Waals surface area contributed by atoms with Crippen molar-refractivity contribution in [1.82, 2.24) is 0 Å². The average Bonchev–Trinajstić information content (AvgIpc) is 1.64. The Hall–Kier alpha value is -9.27. The number of piperidine rings is 2. The molecule has 13 nitrogen and oxygen atoms in total. The fourth-order valence-corrected chi connectivity index (χ4v) is 15.0. The van der Waals surface area contributed by atoms with Crippen LogP contribution >= 0.6 is 0 Å². The Morgan fingerprint density at radius 2 is 0.870 bits per heavy atom. The number of para-hydroxylation sites is 3. The molecule has 0 bridgehead atoms. The van der Waals surface area contributed by atoms with Crippen LogP contribution in [-0.2, 0) is 43.2 Å². The van der Waals surface area contributed by atoms with Gasteiger partial charge in [-0.25, -0.2) is 4.39 Å². The molecule has 5 fully saturated rings. The molecule has 5 aliphatic rings. The largest absolute Gasteiger partial charge is 0.493 e. The maximum Gasteiger partial charge on any atom is 0.155 e. The maximum absolute atomic E-state index is 13.1. The average molecular weight is 1470 g/mol. The van der Waals surface area contributed by atoms with Crippen molar-refractivity contribution in [2.24, 2.45) is 11.8 Å². The van der Waals surface area contributed by atoms with Gasteiger partial charge in [-0.15, -0.1) is 0 Å². The van der Waals surface area contributed by atoms with Crippen molar-refractivity contribution >= 4 is 45.9 Å². The molecule has 13 rings (SSSR count). The smallest absolute Gasteiger partial charge is 0.155 e. The van der Waals surface area contributed by atoms with Crippen molar-refractivity contribution in [1.29, 1.82) is 0 Å². The zero-order valence-electron chi connectivity index (χ0n) is 64.6. The number of halogens is 1. The number of nitrogens with zero attached hydrogens (tertiary/aromatic N) is 3. The summed E-state index contributed by atoms with van der Waals surface area (Å²) in [6.07, 6.45) is 23.9. The zero-order chi connectivity index (χ0) is 75.5. The highest BCUT2D eigenvalue weighted by atomic mass is 19.1. The Morgan fingerprint density at radius 1 is 0.426 bits per heavy atom. The SMILES string of the molecule is CC(=O)C1CC1COc1ccc(N2CCCC(Oc3ccccc3)C2)cc1.CC(=O)CCCCc1ccc(C2CCCC(Nc3ccccc3)C2)cc1.CC(=O)CCCCc1ccc(N2CCCCC(Oc3ccc(F)cc3)C2)cc1.CC(=O)COCCCc1ccc(N2CCCC(Oc3ccccc3)C2)cc1.